The Morgan fingerprint density at radius 2 is 2.44 bits per heavy atom. The average molecular weight is 219 g/mol. The van der Waals surface area contributed by atoms with Crippen LogP contribution in [0.2, 0.25) is 0 Å². The van der Waals surface area contributed by atoms with Gasteiger partial charge in [0.25, 0.3) is 0 Å². The number of hydrogen-bond donors (Lipinski definition) is 1. The van der Waals surface area contributed by atoms with Crippen LogP contribution in [0.4, 0.5) is 0 Å². The molecule has 1 aliphatic heterocycles. The number of furan rings is 1. The fraction of sp³-hybridized carbons (Fsp3) is 0.455. The number of aromatic nitrogens is 3. The summed E-state index contributed by atoms with van der Waals surface area (Å²) in [5.74, 6) is 2.37. The number of rotatable bonds is 2. The fourth-order valence-electron chi connectivity index (χ4n) is 2.25. The second kappa shape index (κ2) is 3.75. The molecule has 3 rings (SSSR count). The van der Waals surface area contributed by atoms with Crippen LogP contribution in [-0.2, 0) is 6.42 Å². The van der Waals surface area contributed by atoms with Crippen LogP contribution in [-0.4, -0.2) is 26.5 Å². The predicted octanol–water partition coefficient (Wildman–Crippen LogP) is 1.41. The molecule has 0 bridgehead atoms. The van der Waals surface area contributed by atoms with Gasteiger partial charge in [0, 0.05) is 6.42 Å². The van der Waals surface area contributed by atoms with E-state index in [1.807, 2.05) is 16.7 Å². The summed E-state index contributed by atoms with van der Waals surface area (Å²) >= 11 is 0. The SMILES string of the molecule is OCC1CCCc2nnc(-c3ccco3)n21. The quantitative estimate of drug-likeness (QED) is 0.829. The number of nitrogens with zero attached hydrogens (tertiary/aromatic N) is 3. The van der Waals surface area contributed by atoms with Gasteiger partial charge in [0.1, 0.15) is 5.82 Å². The first kappa shape index (κ1) is 9.59. The molecule has 0 radical (unpaired) electrons. The predicted molar refractivity (Wildman–Crippen MR) is 56.8 cm³/mol. The van der Waals surface area contributed by atoms with Crippen LogP contribution in [0.1, 0.15) is 24.7 Å². The normalized spacial score (nSPS) is 19.7. The highest BCUT2D eigenvalue weighted by Gasteiger charge is 2.25. The maximum Gasteiger partial charge on any atom is 0.200 e. The zero-order valence-corrected chi connectivity index (χ0v) is 8.83. The molecule has 0 saturated carbocycles. The van der Waals surface area contributed by atoms with E-state index in [1.54, 1.807) is 6.26 Å². The van der Waals surface area contributed by atoms with E-state index in [0.29, 0.717) is 5.76 Å². The molecule has 1 aliphatic rings. The summed E-state index contributed by atoms with van der Waals surface area (Å²) in [5.41, 5.74) is 0. The highest BCUT2D eigenvalue weighted by molar-refractivity contribution is 5.47. The Morgan fingerprint density at radius 3 is 3.19 bits per heavy atom. The average Bonchev–Trinajstić information content (AvgIpc) is 2.96. The van der Waals surface area contributed by atoms with Crippen LogP contribution in [0.3, 0.4) is 0 Å². The lowest BCUT2D eigenvalue weighted by atomic mass is 10.0. The summed E-state index contributed by atoms with van der Waals surface area (Å²) in [6.45, 7) is 0.124. The van der Waals surface area contributed by atoms with Gasteiger partial charge in [-0.25, -0.2) is 0 Å². The van der Waals surface area contributed by atoms with Crippen LogP contribution in [0.15, 0.2) is 22.8 Å². The molecule has 0 aliphatic carbocycles. The van der Waals surface area contributed by atoms with Crippen molar-refractivity contribution in [2.24, 2.45) is 0 Å². The summed E-state index contributed by atoms with van der Waals surface area (Å²) < 4.78 is 7.33. The van der Waals surface area contributed by atoms with E-state index >= 15 is 0 Å². The Labute approximate surface area is 92.7 Å². The first-order chi connectivity index (χ1) is 7.90. The van der Waals surface area contributed by atoms with Crippen molar-refractivity contribution < 1.29 is 9.52 Å². The van der Waals surface area contributed by atoms with Crippen molar-refractivity contribution in [2.45, 2.75) is 25.3 Å². The van der Waals surface area contributed by atoms with E-state index in [1.165, 1.54) is 0 Å². The molecule has 5 heteroatoms. The van der Waals surface area contributed by atoms with Gasteiger partial charge in [-0.3, -0.25) is 0 Å². The highest BCUT2D eigenvalue weighted by atomic mass is 16.3. The molecule has 16 heavy (non-hydrogen) atoms. The van der Waals surface area contributed by atoms with E-state index in [0.717, 1.165) is 30.9 Å². The molecular weight excluding hydrogens is 206 g/mol. The second-order valence-electron chi connectivity index (χ2n) is 4.02. The highest BCUT2D eigenvalue weighted by Crippen LogP contribution is 2.29. The summed E-state index contributed by atoms with van der Waals surface area (Å²) in [4.78, 5) is 0. The molecule has 0 saturated heterocycles. The van der Waals surface area contributed by atoms with Crippen molar-refractivity contribution >= 4 is 0 Å². The number of hydrogen-bond acceptors (Lipinski definition) is 4. The van der Waals surface area contributed by atoms with E-state index in [2.05, 4.69) is 10.2 Å². The molecule has 2 aromatic heterocycles. The van der Waals surface area contributed by atoms with Crippen molar-refractivity contribution in [2.75, 3.05) is 6.61 Å². The van der Waals surface area contributed by atoms with Gasteiger partial charge >= 0.3 is 0 Å². The Kier molecular flexibility index (Phi) is 2.25. The molecule has 3 heterocycles. The van der Waals surface area contributed by atoms with Crippen molar-refractivity contribution in [1.82, 2.24) is 14.8 Å². The smallest absolute Gasteiger partial charge is 0.200 e. The molecule has 1 atom stereocenters. The first-order valence-electron chi connectivity index (χ1n) is 5.48. The molecular formula is C11H13N3O2. The Balaban J connectivity index is 2.11. The fourth-order valence-corrected chi connectivity index (χ4v) is 2.25. The van der Waals surface area contributed by atoms with E-state index in [9.17, 15) is 5.11 Å². The van der Waals surface area contributed by atoms with Crippen LogP contribution in [0.5, 0.6) is 0 Å². The zero-order valence-electron chi connectivity index (χ0n) is 8.83. The van der Waals surface area contributed by atoms with E-state index in [-0.39, 0.29) is 12.6 Å². The Hall–Kier alpha value is -1.62. The minimum atomic E-state index is 0.0823. The lowest BCUT2D eigenvalue weighted by Gasteiger charge is -2.23. The van der Waals surface area contributed by atoms with Crippen molar-refractivity contribution in [1.29, 1.82) is 0 Å². The number of aliphatic hydroxyl groups excluding tert-OH is 1. The molecule has 0 aromatic carbocycles. The lowest BCUT2D eigenvalue weighted by molar-refractivity contribution is 0.207. The molecule has 2 aromatic rings. The number of aryl methyl sites for hydroxylation is 1. The van der Waals surface area contributed by atoms with Crippen molar-refractivity contribution in [3.8, 4) is 11.6 Å². The maximum absolute atomic E-state index is 9.37. The zero-order chi connectivity index (χ0) is 11.0. The summed E-state index contributed by atoms with van der Waals surface area (Å²) in [7, 11) is 0. The van der Waals surface area contributed by atoms with E-state index < -0.39 is 0 Å². The van der Waals surface area contributed by atoms with E-state index in [4.69, 9.17) is 4.42 Å². The molecule has 0 spiro atoms. The van der Waals surface area contributed by atoms with Gasteiger partial charge in [0.05, 0.1) is 18.9 Å². The minimum Gasteiger partial charge on any atom is -0.461 e. The van der Waals surface area contributed by atoms with Crippen LogP contribution >= 0.6 is 0 Å². The summed E-state index contributed by atoms with van der Waals surface area (Å²) in [5, 5.41) is 17.7. The molecule has 0 amide bonds. The minimum absolute atomic E-state index is 0.0823. The molecule has 84 valence electrons. The lowest BCUT2D eigenvalue weighted by Crippen LogP contribution is -2.21. The van der Waals surface area contributed by atoms with Gasteiger partial charge in [-0.1, -0.05) is 0 Å². The molecule has 0 fully saturated rings. The van der Waals surface area contributed by atoms with Gasteiger partial charge in [0.15, 0.2) is 11.6 Å². The summed E-state index contributed by atoms with van der Waals surface area (Å²) in [6.07, 6.45) is 4.56. The first-order valence-corrected chi connectivity index (χ1v) is 5.48. The number of aliphatic hydroxyl groups is 1. The van der Waals surface area contributed by atoms with Gasteiger partial charge in [0.2, 0.25) is 0 Å². The van der Waals surface area contributed by atoms with Gasteiger partial charge < -0.3 is 14.1 Å². The number of fused-ring (bicyclic) bond motifs is 1. The third kappa shape index (κ3) is 1.36. The van der Waals surface area contributed by atoms with Crippen molar-refractivity contribution in [3.05, 3.63) is 24.2 Å². The molecule has 1 unspecified atom stereocenters. The molecule has 1 N–H and O–H groups in total. The van der Waals surface area contributed by atoms with Crippen molar-refractivity contribution in [3.63, 3.8) is 0 Å². The monoisotopic (exact) mass is 219 g/mol. The third-order valence-electron chi connectivity index (χ3n) is 3.02. The second-order valence-corrected chi connectivity index (χ2v) is 4.02. The van der Waals surface area contributed by atoms with Crippen LogP contribution in [0.25, 0.3) is 11.6 Å². The van der Waals surface area contributed by atoms with Gasteiger partial charge in [-0.2, -0.15) is 0 Å². The molecule has 5 nitrogen and oxygen atoms in total. The summed E-state index contributed by atoms with van der Waals surface area (Å²) in [6, 6.07) is 3.77. The van der Waals surface area contributed by atoms with Crippen LogP contribution in [0, 0.1) is 0 Å². The largest absolute Gasteiger partial charge is 0.461 e. The van der Waals surface area contributed by atoms with Crippen LogP contribution < -0.4 is 0 Å². The Morgan fingerprint density at radius 1 is 1.50 bits per heavy atom. The topological polar surface area (TPSA) is 64.1 Å². The maximum atomic E-state index is 9.37. The van der Waals surface area contributed by atoms with Gasteiger partial charge in [-0.05, 0) is 25.0 Å². The van der Waals surface area contributed by atoms with Gasteiger partial charge in [-0.15, -0.1) is 10.2 Å². The Bertz CT molecular complexity index is 475. The third-order valence-corrected chi connectivity index (χ3v) is 3.02. The standard InChI is InChI=1S/C11H13N3O2/c15-7-8-3-1-5-10-12-13-11(14(8)10)9-4-2-6-16-9/h2,4,6,8,15H,1,3,5,7H2.